The molecule has 0 radical (unpaired) electrons. The molecule has 2 N–H and O–H groups in total. The highest BCUT2D eigenvalue weighted by atomic mass is 19.1. The van der Waals surface area contributed by atoms with Crippen LogP contribution < -0.4 is 10.6 Å². The molecule has 0 saturated carbocycles. The third-order valence-corrected chi connectivity index (χ3v) is 5.37. The summed E-state index contributed by atoms with van der Waals surface area (Å²) in [6.45, 7) is 2.85. The Kier molecular flexibility index (Phi) is 7.57. The molecule has 1 heterocycles. The van der Waals surface area contributed by atoms with Crippen LogP contribution in [0.3, 0.4) is 0 Å². The molecule has 178 valence electrons. The Morgan fingerprint density at radius 1 is 0.857 bits per heavy atom. The van der Waals surface area contributed by atoms with Crippen LogP contribution in [0.5, 0.6) is 0 Å². The first kappa shape index (κ1) is 23.8. The Labute approximate surface area is 203 Å². The second-order valence-corrected chi connectivity index (χ2v) is 8.22. The van der Waals surface area contributed by atoms with Crippen LogP contribution in [0, 0.1) is 12.7 Å². The lowest BCUT2D eigenvalue weighted by molar-refractivity contribution is 0.0920. The van der Waals surface area contributed by atoms with Crippen molar-refractivity contribution in [1.82, 2.24) is 10.2 Å². The molecule has 7 heteroatoms. The Morgan fingerprint density at radius 2 is 1.60 bits per heavy atom. The number of carbonyl (C=O) groups is 2. The van der Waals surface area contributed by atoms with Gasteiger partial charge in [-0.2, -0.15) is 0 Å². The smallest absolute Gasteiger partial charge is 0.322 e. The number of aryl methyl sites for hydroxylation is 1. The first-order valence-corrected chi connectivity index (χ1v) is 11.2. The second-order valence-electron chi connectivity index (χ2n) is 8.22. The summed E-state index contributed by atoms with van der Waals surface area (Å²) in [4.78, 5) is 27.2. The van der Waals surface area contributed by atoms with Gasteiger partial charge in [0, 0.05) is 18.8 Å². The number of urea groups is 1. The standard InChI is InChI=1S/C28H26FN3O3/c1-20-6-5-9-22(16-20)17-30-27(33)26-15-14-25(35-26)19-32(18-21-7-3-2-4-8-21)28(34)31-24-12-10-23(29)11-13-24/h2-16H,17-19H2,1H3,(H,30,33)(H,31,34). The van der Waals surface area contributed by atoms with E-state index in [-0.39, 0.29) is 30.1 Å². The van der Waals surface area contributed by atoms with Gasteiger partial charge >= 0.3 is 6.03 Å². The van der Waals surface area contributed by atoms with Gasteiger partial charge in [0.05, 0.1) is 6.54 Å². The molecule has 3 amide bonds. The van der Waals surface area contributed by atoms with Gasteiger partial charge < -0.3 is 20.0 Å². The Bertz CT molecular complexity index is 1290. The molecule has 0 atom stereocenters. The largest absolute Gasteiger partial charge is 0.454 e. The highest BCUT2D eigenvalue weighted by molar-refractivity contribution is 5.91. The van der Waals surface area contributed by atoms with E-state index < -0.39 is 0 Å². The maximum Gasteiger partial charge on any atom is 0.322 e. The summed E-state index contributed by atoms with van der Waals surface area (Å²) in [6, 6.07) is 25.9. The predicted molar refractivity (Wildman–Crippen MR) is 132 cm³/mol. The number of nitrogens with one attached hydrogen (secondary N) is 2. The molecule has 0 bridgehead atoms. The maximum absolute atomic E-state index is 13.2. The zero-order valence-corrected chi connectivity index (χ0v) is 19.3. The van der Waals surface area contributed by atoms with Crippen molar-refractivity contribution in [2.45, 2.75) is 26.6 Å². The highest BCUT2D eigenvalue weighted by Crippen LogP contribution is 2.16. The normalized spacial score (nSPS) is 10.6. The van der Waals surface area contributed by atoms with Crippen LogP contribution >= 0.6 is 0 Å². The van der Waals surface area contributed by atoms with Crippen LogP contribution in [0.25, 0.3) is 0 Å². The zero-order chi connectivity index (χ0) is 24.6. The zero-order valence-electron chi connectivity index (χ0n) is 19.3. The maximum atomic E-state index is 13.2. The quantitative estimate of drug-likeness (QED) is 0.336. The highest BCUT2D eigenvalue weighted by Gasteiger charge is 2.18. The van der Waals surface area contributed by atoms with Crippen molar-refractivity contribution in [3.8, 4) is 0 Å². The number of anilines is 1. The van der Waals surface area contributed by atoms with E-state index in [1.54, 1.807) is 17.0 Å². The molecule has 0 unspecified atom stereocenters. The van der Waals surface area contributed by atoms with Crippen molar-refractivity contribution >= 4 is 17.6 Å². The summed E-state index contributed by atoms with van der Waals surface area (Å²) in [5.41, 5.74) is 3.53. The third-order valence-electron chi connectivity index (χ3n) is 5.37. The summed E-state index contributed by atoms with van der Waals surface area (Å²) in [7, 11) is 0. The first-order chi connectivity index (χ1) is 17.0. The van der Waals surface area contributed by atoms with Crippen LogP contribution in [0.15, 0.2) is 95.4 Å². The van der Waals surface area contributed by atoms with Gasteiger partial charge in [0.2, 0.25) is 0 Å². The van der Waals surface area contributed by atoms with E-state index in [1.165, 1.54) is 24.3 Å². The Hall–Kier alpha value is -4.39. The van der Waals surface area contributed by atoms with E-state index in [0.29, 0.717) is 24.5 Å². The molecule has 4 rings (SSSR count). The topological polar surface area (TPSA) is 74.6 Å². The van der Waals surface area contributed by atoms with Crippen molar-refractivity contribution in [3.05, 3.63) is 125 Å². The molecule has 0 aliphatic rings. The number of hydrogen-bond donors (Lipinski definition) is 2. The fourth-order valence-electron chi connectivity index (χ4n) is 3.60. The number of benzene rings is 3. The number of halogens is 1. The molecule has 1 aromatic heterocycles. The number of nitrogens with zero attached hydrogens (tertiary/aromatic N) is 1. The molecular weight excluding hydrogens is 445 g/mol. The summed E-state index contributed by atoms with van der Waals surface area (Å²) in [5, 5.41) is 5.63. The third kappa shape index (κ3) is 6.80. The van der Waals surface area contributed by atoms with Gasteiger partial charge in [0.25, 0.3) is 5.91 Å². The van der Waals surface area contributed by atoms with E-state index in [4.69, 9.17) is 4.42 Å². The number of furan rings is 1. The fourth-order valence-corrected chi connectivity index (χ4v) is 3.60. The van der Waals surface area contributed by atoms with Gasteiger partial charge in [-0.05, 0) is 54.4 Å². The monoisotopic (exact) mass is 471 g/mol. The lowest BCUT2D eigenvalue weighted by atomic mass is 10.1. The van der Waals surface area contributed by atoms with Gasteiger partial charge in [-0.25, -0.2) is 9.18 Å². The lowest BCUT2D eigenvalue weighted by Gasteiger charge is -2.22. The molecule has 4 aromatic rings. The Morgan fingerprint density at radius 3 is 2.34 bits per heavy atom. The van der Waals surface area contributed by atoms with E-state index in [0.717, 1.165) is 16.7 Å². The van der Waals surface area contributed by atoms with Crippen LogP contribution in [0.1, 0.15) is 33.0 Å². The van der Waals surface area contributed by atoms with Crippen molar-refractivity contribution in [2.75, 3.05) is 5.32 Å². The summed E-state index contributed by atoms with van der Waals surface area (Å²) >= 11 is 0. The van der Waals surface area contributed by atoms with Gasteiger partial charge in [-0.3, -0.25) is 4.79 Å². The van der Waals surface area contributed by atoms with Gasteiger partial charge in [0.1, 0.15) is 11.6 Å². The van der Waals surface area contributed by atoms with Gasteiger partial charge in [0.15, 0.2) is 5.76 Å². The van der Waals surface area contributed by atoms with Crippen molar-refractivity contribution in [2.24, 2.45) is 0 Å². The molecule has 0 saturated heterocycles. The van der Waals surface area contributed by atoms with E-state index in [9.17, 15) is 14.0 Å². The minimum Gasteiger partial charge on any atom is -0.454 e. The molecular formula is C28H26FN3O3. The van der Waals surface area contributed by atoms with Crippen molar-refractivity contribution < 1.29 is 18.4 Å². The molecule has 3 aromatic carbocycles. The van der Waals surface area contributed by atoms with Crippen LogP contribution in [-0.2, 0) is 19.6 Å². The number of amides is 3. The SMILES string of the molecule is Cc1cccc(CNC(=O)c2ccc(CN(Cc3ccccc3)C(=O)Nc3ccc(F)cc3)o2)c1. The molecule has 6 nitrogen and oxygen atoms in total. The van der Waals surface area contributed by atoms with E-state index in [1.807, 2.05) is 61.5 Å². The Balaban J connectivity index is 1.43. The van der Waals surface area contributed by atoms with Crippen molar-refractivity contribution in [3.63, 3.8) is 0 Å². The number of carbonyl (C=O) groups excluding carboxylic acids is 2. The number of hydrogen-bond acceptors (Lipinski definition) is 3. The summed E-state index contributed by atoms with van der Waals surface area (Å²) in [5.74, 6) is -0.0711. The van der Waals surface area contributed by atoms with Crippen molar-refractivity contribution in [1.29, 1.82) is 0 Å². The van der Waals surface area contributed by atoms with Crippen LogP contribution in [0.4, 0.5) is 14.9 Å². The second kappa shape index (κ2) is 11.2. The molecule has 0 spiro atoms. The average molecular weight is 472 g/mol. The summed E-state index contributed by atoms with van der Waals surface area (Å²) in [6.07, 6.45) is 0. The first-order valence-electron chi connectivity index (χ1n) is 11.2. The van der Waals surface area contributed by atoms with Crippen LogP contribution in [-0.4, -0.2) is 16.8 Å². The van der Waals surface area contributed by atoms with Crippen LogP contribution in [0.2, 0.25) is 0 Å². The number of rotatable bonds is 8. The van der Waals surface area contributed by atoms with E-state index in [2.05, 4.69) is 10.6 Å². The minimum absolute atomic E-state index is 0.146. The van der Waals surface area contributed by atoms with E-state index >= 15 is 0 Å². The molecule has 35 heavy (non-hydrogen) atoms. The lowest BCUT2D eigenvalue weighted by Crippen LogP contribution is -2.34. The minimum atomic E-state index is -0.382. The summed E-state index contributed by atoms with van der Waals surface area (Å²) < 4.78 is 19.0. The predicted octanol–water partition coefficient (Wildman–Crippen LogP) is 5.89. The average Bonchev–Trinajstić information content (AvgIpc) is 3.33. The molecule has 0 aliphatic heterocycles. The van der Waals surface area contributed by atoms with Gasteiger partial charge in [-0.1, -0.05) is 60.2 Å². The van der Waals surface area contributed by atoms with Gasteiger partial charge in [-0.15, -0.1) is 0 Å². The fraction of sp³-hybridized carbons (Fsp3) is 0.143. The molecule has 0 fully saturated rings. The molecule has 0 aliphatic carbocycles.